The molecule has 2 N–H and O–H groups in total. The van der Waals surface area contributed by atoms with Crippen LogP contribution in [0.25, 0.3) is 0 Å². The number of rotatable bonds is 3. The molecule has 0 aliphatic carbocycles. The fourth-order valence-corrected chi connectivity index (χ4v) is 1.59. The van der Waals surface area contributed by atoms with Crippen LogP contribution in [0.4, 0.5) is 3.89 Å². The molecular weight excluding hydrogens is 233 g/mol. The Hall–Kier alpha value is -1.58. The number of hydrogen-bond acceptors (Lipinski definition) is 4. The minimum atomic E-state index is -5.06. The molecule has 16 heavy (non-hydrogen) atoms. The number of benzene rings is 1. The molecule has 0 aliphatic heterocycles. The molecule has 0 saturated carbocycles. The molecule has 1 rings (SSSR count). The zero-order valence-corrected chi connectivity index (χ0v) is 9.34. The van der Waals surface area contributed by atoms with Crippen molar-refractivity contribution in [2.24, 2.45) is 5.73 Å². The quantitative estimate of drug-likeness (QED) is 0.636. The minimum absolute atomic E-state index is 0.140. The van der Waals surface area contributed by atoms with E-state index in [1.54, 1.807) is 6.07 Å². The molecule has 1 aromatic rings. The average molecular weight is 243 g/mol. The van der Waals surface area contributed by atoms with E-state index >= 15 is 0 Å². The van der Waals surface area contributed by atoms with Crippen LogP contribution in [0.2, 0.25) is 0 Å². The maximum Gasteiger partial charge on any atom is 0.488 e. The zero-order valence-electron chi connectivity index (χ0n) is 8.53. The highest BCUT2D eigenvalue weighted by Crippen LogP contribution is 2.25. The lowest BCUT2D eigenvalue weighted by Gasteiger charge is -2.08. The predicted molar refractivity (Wildman–Crippen MR) is 57.7 cm³/mol. The van der Waals surface area contributed by atoms with Gasteiger partial charge in [0.1, 0.15) is 5.75 Å². The topological polar surface area (TPSA) is 69.4 Å². The SMILES string of the molecule is C#Cc1cc(CN)cc(OS(=O)(=O)F)c1C. The summed E-state index contributed by atoms with van der Waals surface area (Å²) in [6, 6.07) is 2.96. The lowest BCUT2D eigenvalue weighted by Crippen LogP contribution is -2.05. The van der Waals surface area contributed by atoms with E-state index in [9.17, 15) is 12.3 Å². The summed E-state index contributed by atoms with van der Waals surface area (Å²) in [4.78, 5) is 0. The predicted octanol–water partition coefficient (Wildman–Crippen LogP) is 1.03. The van der Waals surface area contributed by atoms with Gasteiger partial charge in [0.05, 0.1) is 0 Å². The Balaban J connectivity index is 3.33. The highest BCUT2D eigenvalue weighted by Gasteiger charge is 2.14. The maximum absolute atomic E-state index is 12.4. The van der Waals surface area contributed by atoms with Gasteiger partial charge in [0, 0.05) is 17.7 Å². The van der Waals surface area contributed by atoms with Gasteiger partial charge >= 0.3 is 10.5 Å². The molecule has 0 amide bonds. The maximum atomic E-state index is 12.4. The van der Waals surface area contributed by atoms with Crippen LogP contribution in [0.5, 0.6) is 5.75 Å². The Morgan fingerprint density at radius 3 is 2.62 bits per heavy atom. The molecule has 0 aromatic heterocycles. The van der Waals surface area contributed by atoms with Gasteiger partial charge in [-0.3, -0.25) is 0 Å². The van der Waals surface area contributed by atoms with Crippen LogP contribution in [0, 0.1) is 19.3 Å². The summed E-state index contributed by atoms with van der Waals surface area (Å²) >= 11 is 0. The number of hydrogen-bond donors (Lipinski definition) is 1. The van der Waals surface area contributed by atoms with Gasteiger partial charge in [-0.25, -0.2) is 0 Å². The summed E-state index contributed by atoms with van der Waals surface area (Å²) < 4.78 is 37.3. The fourth-order valence-electron chi connectivity index (χ4n) is 1.21. The molecule has 6 heteroatoms. The third-order valence-corrected chi connectivity index (χ3v) is 2.38. The van der Waals surface area contributed by atoms with Gasteiger partial charge < -0.3 is 9.92 Å². The van der Waals surface area contributed by atoms with Crippen molar-refractivity contribution in [3.05, 3.63) is 28.8 Å². The monoisotopic (exact) mass is 243 g/mol. The summed E-state index contributed by atoms with van der Waals surface area (Å²) in [6.07, 6.45) is 5.22. The first-order valence-electron chi connectivity index (χ1n) is 4.31. The van der Waals surface area contributed by atoms with Crippen LogP contribution in [0.3, 0.4) is 0 Å². The van der Waals surface area contributed by atoms with Crippen molar-refractivity contribution in [1.82, 2.24) is 0 Å². The largest absolute Gasteiger partial charge is 0.488 e. The minimum Gasteiger partial charge on any atom is -0.358 e. The van der Waals surface area contributed by atoms with E-state index in [0.717, 1.165) is 0 Å². The van der Waals surface area contributed by atoms with Crippen LogP contribution in [-0.2, 0) is 17.0 Å². The van der Waals surface area contributed by atoms with Crippen LogP contribution in [0.15, 0.2) is 12.1 Å². The summed E-state index contributed by atoms with van der Waals surface area (Å²) in [5.74, 6) is 2.20. The third-order valence-electron chi connectivity index (χ3n) is 2.00. The van der Waals surface area contributed by atoms with Gasteiger partial charge in [0.15, 0.2) is 0 Å². The number of terminal acetylenes is 1. The lowest BCUT2D eigenvalue weighted by atomic mass is 10.0. The van der Waals surface area contributed by atoms with Crippen molar-refractivity contribution in [3.63, 3.8) is 0 Å². The fraction of sp³-hybridized carbons (Fsp3) is 0.200. The Labute approximate surface area is 93.6 Å². The van der Waals surface area contributed by atoms with Crippen LogP contribution < -0.4 is 9.92 Å². The molecule has 0 unspecified atom stereocenters. The molecule has 86 valence electrons. The van der Waals surface area contributed by atoms with Gasteiger partial charge in [0.2, 0.25) is 0 Å². The Morgan fingerprint density at radius 1 is 1.56 bits per heavy atom. The number of nitrogens with two attached hydrogens (primary N) is 1. The second kappa shape index (κ2) is 4.51. The highest BCUT2D eigenvalue weighted by atomic mass is 32.3. The molecule has 0 spiro atoms. The molecular formula is C10H10FNO3S. The normalized spacial score (nSPS) is 10.9. The molecule has 4 nitrogen and oxygen atoms in total. The van der Waals surface area contributed by atoms with Crippen molar-refractivity contribution in [1.29, 1.82) is 0 Å². The van der Waals surface area contributed by atoms with Crippen molar-refractivity contribution in [2.45, 2.75) is 13.5 Å². The van der Waals surface area contributed by atoms with Gasteiger partial charge in [-0.2, -0.15) is 8.42 Å². The van der Waals surface area contributed by atoms with Crippen LogP contribution >= 0.6 is 0 Å². The van der Waals surface area contributed by atoms with Crippen molar-refractivity contribution < 1.29 is 16.5 Å². The Morgan fingerprint density at radius 2 is 2.19 bits per heavy atom. The summed E-state index contributed by atoms with van der Waals surface area (Å²) in [7, 11) is -5.06. The van der Waals surface area contributed by atoms with Gasteiger partial charge in [0.25, 0.3) is 0 Å². The second-order valence-electron chi connectivity index (χ2n) is 3.09. The van der Waals surface area contributed by atoms with E-state index in [2.05, 4.69) is 10.1 Å². The first-order valence-corrected chi connectivity index (χ1v) is 5.62. The van der Waals surface area contributed by atoms with Crippen LogP contribution in [-0.4, -0.2) is 8.42 Å². The number of halogens is 1. The summed E-state index contributed by atoms with van der Waals surface area (Å²) in [6.45, 7) is 1.69. The first-order chi connectivity index (χ1) is 7.37. The first kappa shape index (κ1) is 12.5. The molecule has 0 radical (unpaired) electrons. The summed E-state index contributed by atoms with van der Waals surface area (Å²) in [5, 5.41) is 0. The smallest absolute Gasteiger partial charge is 0.358 e. The molecule has 0 saturated heterocycles. The second-order valence-corrected chi connectivity index (χ2v) is 4.04. The van der Waals surface area contributed by atoms with Crippen LogP contribution in [0.1, 0.15) is 16.7 Å². The average Bonchev–Trinajstić information content (AvgIpc) is 2.19. The van der Waals surface area contributed by atoms with Gasteiger partial charge in [-0.15, -0.1) is 6.42 Å². The van der Waals surface area contributed by atoms with E-state index in [1.165, 1.54) is 13.0 Å². The van der Waals surface area contributed by atoms with Crippen molar-refractivity contribution >= 4 is 10.5 Å². The molecule has 0 heterocycles. The molecule has 1 aromatic carbocycles. The molecule has 0 aliphatic rings. The van der Waals surface area contributed by atoms with Gasteiger partial charge in [-0.05, 0) is 24.6 Å². The van der Waals surface area contributed by atoms with E-state index in [0.29, 0.717) is 16.7 Å². The highest BCUT2D eigenvalue weighted by molar-refractivity contribution is 7.81. The van der Waals surface area contributed by atoms with E-state index in [-0.39, 0.29) is 12.3 Å². The van der Waals surface area contributed by atoms with Gasteiger partial charge in [-0.1, -0.05) is 9.81 Å². The molecule has 0 bridgehead atoms. The standard InChI is InChI=1S/C10H10FNO3S/c1-3-9-4-8(6-12)5-10(7(9)2)15-16(11,13)14/h1,4-5H,6,12H2,2H3. The summed E-state index contributed by atoms with van der Waals surface area (Å²) in [5.41, 5.74) is 6.75. The van der Waals surface area contributed by atoms with E-state index in [4.69, 9.17) is 12.2 Å². The molecule has 0 fully saturated rings. The third kappa shape index (κ3) is 2.95. The van der Waals surface area contributed by atoms with Crippen molar-refractivity contribution in [2.75, 3.05) is 0 Å². The van der Waals surface area contributed by atoms with E-state index in [1.807, 2.05) is 0 Å². The zero-order chi connectivity index (χ0) is 12.3. The van der Waals surface area contributed by atoms with E-state index < -0.39 is 10.5 Å². The Bertz CT molecular complexity index is 546. The lowest BCUT2D eigenvalue weighted by molar-refractivity contribution is 0.438. The molecule has 0 atom stereocenters. The Kier molecular flexibility index (Phi) is 3.52. The van der Waals surface area contributed by atoms with Crippen molar-refractivity contribution in [3.8, 4) is 18.1 Å².